The average molecular weight is 449 g/mol. The van der Waals surface area contributed by atoms with Crippen molar-refractivity contribution in [3.8, 4) is 11.5 Å². The number of rotatable bonds is 9. The van der Waals surface area contributed by atoms with E-state index in [2.05, 4.69) is 36.4 Å². The molecule has 0 amide bonds. The first-order chi connectivity index (χ1) is 16.7. The van der Waals surface area contributed by atoms with Gasteiger partial charge in [0.2, 0.25) is 0 Å². The molecule has 0 saturated carbocycles. The van der Waals surface area contributed by atoms with Crippen molar-refractivity contribution in [3.63, 3.8) is 0 Å². The first kappa shape index (κ1) is 23.0. The van der Waals surface area contributed by atoms with Crippen LogP contribution in [0.2, 0.25) is 0 Å². The van der Waals surface area contributed by atoms with Crippen LogP contribution in [-0.2, 0) is 12.8 Å². The Morgan fingerprint density at radius 2 is 0.912 bits per heavy atom. The standard InChI is InChI=1S/C30H28N2O2/c1-33-27-17-11-23(12-18-27)21-31-29-9-5-3-7-25(29)15-16-26-8-4-6-10-30(26)32-22-24-13-19-28(34-2)20-14-24/h3-14,17-22H,15-16H2,1-2H3. The van der Waals surface area contributed by atoms with Gasteiger partial charge in [0.05, 0.1) is 25.6 Å². The van der Waals surface area contributed by atoms with Gasteiger partial charge in [-0.1, -0.05) is 36.4 Å². The maximum Gasteiger partial charge on any atom is 0.118 e. The highest BCUT2D eigenvalue weighted by atomic mass is 16.5. The predicted molar refractivity (Wildman–Crippen MR) is 141 cm³/mol. The molecule has 0 spiro atoms. The number of benzene rings is 4. The van der Waals surface area contributed by atoms with E-state index in [-0.39, 0.29) is 0 Å². The van der Waals surface area contributed by atoms with Crippen molar-refractivity contribution in [2.45, 2.75) is 12.8 Å². The van der Waals surface area contributed by atoms with Crippen LogP contribution in [0.1, 0.15) is 22.3 Å². The van der Waals surface area contributed by atoms with Gasteiger partial charge < -0.3 is 9.47 Å². The zero-order chi connectivity index (χ0) is 23.6. The van der Waals surface area contributed by atoms with Crippen molar-refractivity contribution in [2.75, 3.05) is 14.2 Å². The van der Waals surface area contributed by atoms with Gasteiger partial charge in [0.25, 0.3) is 0 Å². The van der Waals surface area contributed by atoms with Crippen LogP contribution in [0.5, 0.6) is 11.5 Å². The third kappa shape index (κ3) is 6.20. The monoisotopic (exact) mass is 448 g/mol. The predicted octanol–water partition coefficient (Wildman–Crippen LogP) is 6.99. The molecule has 0 radical (unpaired) electrons. The number of nitrogens with zero attached hydrogens (tertiary/aromatic N) is 2. The minimum atomic E-state index is 0.839. The van der Waals surface area contributed by atoms with Crippen LogP contribution >= 0.6 is 0 Å². The maximum absolute atomic E-state index is 5.23. The van der Waals surface area contributed by atoms with E-state index in [0.717, 1.165) is 46.8 Å². The molecule has 170 valence electrons. The number of hydrogen-bond donors (Lipinski definition) is 0. The van der Waals surface area contributed by atoms with Crippen LogP contribution < -0.4 is 9.47 Å². The molecule has 0 bridgehead atoms. The fourth-order valence-corrected chi connectivity index (χ4v) is 3.63. The topological polar surface area (TPSA) is 43.2 Å². The summed E-state index contributed by atoms with van der Waals surface area (Å²) in [7, 11) is 3.34. The normalized spacial score (nSPS) is 11.2. The molecule has 34 heavy (non-hydrogen) atoms. The van der Waals surface area contributed by atoms with E-state index in [1.165, 1.54) is 11.1 Å². The summed E-state index contributed by atoms with van der Waals surface area (Å²) in [6.45, 7) is 0. The SMILES string of the molecule is COc1ccc(C=Nc2ccccc2CCc2ccccc2N=Cc2ccc(OC)cc2)cc1. The third-order valence-corrected chi connectivity index (χ3v) is 5.58. The molecule has 4 aromatic rings. The average Bonchev–Trinajstić information content (AvgIpc) is 2.91. The summed E-state index contributed by atoms with van der Waals surface area (Å²) in [5.74, 6) is 1.68. The Bertz CT molecular complexity index is 1160. The number of ether oxygens (including phenoxy) is 2. The quantitative estimate of drug-likeness (QED) is 0.259. The summed E-state index contributed by atoms with van der Waals surface area (Å²) >= 11 is 0. The molecular weight excluding hydrogens is 420 g/mol. The lowest BCUT2D eigenvalue weighted by molar-refractivity contribution is 0.414. The highest BCUT2D eigenvalue weighted by Crippen LogP contribution is 2.25. The number of hydrogen-bond acceptors (Lipinski definition) is 4. The Balaban J connectivity index is 1.46. The summed E-state index contributed by atoms with van der Waals surface area (Å²) in [5, 5.41) is 0. The second kappa shape index (κ2) is 11.6. The summed E-state index contributed by atoms with van der Waals surface area (Å²) in [6.07, 6.45) is 5.55. The number of aliphatic imine (C=N–C) groups is 2. The van der Waals surface area contributed by atoms with Gasteiger partial charge in [-0.2, -0.15) is 0 Å². The van der Waals surface area contributed by atoms with Crippen molar-refractivity contribution < 1.29 is 9.47 Å². The molecule has 0 saturated heterocycles. The molecule has 0 unspecified atom stereocenters. The van der Waals surface area contributed by atoms with Crippen LogP contribution in [0.4, 0.5) is 11.4 Å². The fourth-order valence-electron chi connectivity index (χ4n) is 3.63. The summed E-state index contributed by atoms with van der Waals surface area (Å²) in [4.78, 5) is 9.50. The zero-order valence-electron chi connectivity index (χ0n) is 19.5. The highest BCUT2D eigenvalue weighted by Gasteiger charge is 2.05. The maximum atomic E-state index is 5.23. The molecular formula is C30H28N2O2. The van der Waals surface area contributed by atoms with Gasteiger partial charge in [-0.3, -0.25) is 9.98 Å². The lowest BCUT2D eigenvalue weighted by atomic mass is 10.0. The van der Waals surface area contributed by atoms with Crippen molar-refractivity contribution in [1.82, 2.24) is 0 Å². The molecule has 0 heterocycles. The molecule has 0 atom stereocenters. The molecule has 0 fully saturated rings. The molecule has 0 aliphatic rings. The van der Waals surface area contributed by atoms with Crippen molar-refractivity contribution in [1.29, 1.82) is 0 Å². The van der Waals surface area contributed by atoms with Crippen LogP contribution in [0.3, 0.4) is 0 Å². The van der Waals surface area contributed by atoms with Gasteiger partial charge >= 0.3 is 0 Å². The smallest absolute Gasteiger partial charge is 0.118 e. The van der Waals surface area contributed by atoms with E-state index in [1.54, 1.807) is 14.2 Å². The van der Waals surface area contributed by atoms with Crippen LogP contribution in [-0.4, -0.2) is 26.6 Å². The van der Waals surface area contributed by atoms with Gasteiger partial charge in [0.15, 0.2) is 0 Å². The third-order valence-electron chi connectivity index (χ3n) is 5.58. The molecule has 0 N–H and O–H groups in total. The first-order valence-corrected chi connectivity index (χ1v) is 11.3. The lowest BCUT2D eigenvalue weighted by Gasteiger charge is -2.08. The van der Waals surface area contributed by atoms with Crippen molar-refractivity contribution in [2.24, 2.45) is 9.98 Å². The van der Waals surface area contributed by atoms with Crippen LogP contribution in [0.25, 0.3) is 0 Å². The van der Waals surface area contributed by atoms with E-state index >= 15 is 0 Å². The summed E-state index contributed by atoms with van der Waals surface area (Å²) in [5.41, 5.74) is 6.46. The summed E-state index contributed by atoms with van der Waals surface area (Å²) < 4.78 is 10.5. The number of aryl methyl sites for hydroxylation is 2. The Hall–Kier alpha value is -4.18. The molecule has 4 aromatic carbocycles. The first-order valence-electron chi connectivity index (χ1n) is 11.3. The van der Waals surface area contributed by atoms with E-state index in [1.807, 2.05) is 73.1 Å². The van der Waals surface area contributed by atoms with E-state index in [4.69, 9.17) is 19.5 Å². The van der Waals surface area contributed by atoms with Gasteiger partial charge in [-0.05, 0) is 95.8 Å². The van der Waals surface area contributed by atoms with Crippen molar-refractivity contribution >= 4 is 23.8 Å². The van der Waals surface area contributed by atoms with Crippen LogP contribution in [0, 0.1) is 0 Å². The lowest BCUT2D eigenvalue weighted by Crippen LogP contribution is -1.93. The highest BCUT2D eigenvalue weighted by molar-refractivity contribution is 5.83. The van der Waals surface area contributed by atoms with Crippen LogP contribution in [0.15, 0.2) is 107 Å². The fraction of sp³-hybridized carbons (Fsp3) is 0.133. The van der Waals surface area contributed by atoms with E-state index < -0.39 is 0 Å². The van der Waals surface area contributed by atoms with E-state index in [9.17, 15) is 0 Å². The Kier molecular flexibility index (Phi) is 7.86. The van der Waals surface area contributed by atoms with Gasteiger partial charge in [0.1, 0.15) is 11.5 Å². The molecule has 4 heteroatoms. The zero-order valence-corrected chi connectivity index (χ0v) is 19.5. The number of methoxy groups -OCH3 is 2. The number of para-hydroxylation sites is 2. The Labute approximate surface area is 201 Å². The van der Waals surface area contributed by atoms with Gasteiger partial charge in [-0.25, -0.2) is 0 Å². The Morgan fingerprint density at radius 1 is 0.529 bits per heavy atom. The molecule has 4 rings (SSSR count). The molecule has 0 aromatic heterocycles. The summed E-state index contributed by atoms with van der Waals surface area (Å²) in [6, 6.07) is 32.4. The minimum absolute atomic E-state index is 0.839. The van der Waals surface area contributed by atoms with Gasteiger partial charge in [-0.15, -0.1) is 0 Å². The Morgan fingerprint density at radius 3 is 1.29 bits per heavy atom. The second-order valence-corrected chi connectivity index (χ2v) is 7.82. The largest absolute Gasteiger partial charge is 0.497 e. The molecule has 0 aliphatic heterocycles. The van der Waals surface area contributed by atoms with E-state index in [0.29, 0.717) is 0 Å². The van der Waals surface area contributed by atoms with Crippen molar-refractivity contribution in [3.05, 3.63) is 119 Å². The molecule has 0 aliphatic carbocycles. The minimum Gasteiger partial charge on any atom is -0.497 e. The van der Waals surface area contributed by atoms with Gasteiger partial charge in [0, 0.05) is 12.4 Å². The second-order valence-electron chi connectivity index (χ2n) is 7.82. The molecule has 4 nitrogen and oxygen atoms in total.